The molecule has 0 amide bonds. The Labute approximate surface area is 154 Å². The quantitative estimate of drug-likeness (QED) is 0.454. The molecule has 0 bridgehead atoms. The maximum absolute atomic E-state index is 13.9. The summed E-state index contributed by atoms with van der Waals surface area (Å²) in [7, 11) is 0. The van der Waals surface area contributed by atoms with Crippen LogP contribution in [0.15, 0.2) is 79.1 Å². The van der Waals surface area contributed by atoms with Crippen LogP contribution in [0.3, 0.4) is 0 Å². The van der Waals surface area contributed by atoms with Gasteiger partial charge < -0.3 is 0 Å². The number of rotatable bonds is 3. The van der Waals surface area contributed by atoms with Gasteiger partial charge in [0.05, 0.1) is 11.4 Å². The molecule has 0 saturated heterocycles. The maximum atomic E-state index is 13.9. The van der Waals surface area contributed by atoms with Crippen LogP contribution < -0.4 is 0 Å². The van der Waals surface area contributed by atoms with E-state index < -0.39 is 17.5 Å². The molecular weight excluding hydrogens is 349 g/mol. The van der Waals surface area contributed by atoms with Crippen LogP contribution in [0.2, 0.25) is 0 Å². The van der Waals surface area contributed by atoms with Gasteiger partial charge in [-0.1, -0.05) is 36.4 Å². The van der Waals surface area contributed by atoms with Crippen LogP contribution in [-0.2, 0) is 0 Å². The Morgan fingerprint density at radius 3 is 1.37 bits per heavy atom. The van der Waals surface area contributed by atoms with Gasteiger partial charge in [-0.05, 0) is 42.0 Å². The van der Waals surface area contributed by atoms with Crippen LogP contribution in [0.25, 0.3) is 33.6 Å². The summed E-state index contributed by atoms with van der Waals surface area (Å²) in [5, 5.41) is 0. The van der Waals surface area contributed by atoms with Gasteiger partial charge in [-0.25, -0.2) is 23.1 Å². The van der Waals surface area contributed by atoms with Crippen molar-refractivity contribution in [3.8, 4) is 33.6 Å². The van der Waals surface area contributed by atoms with Crippen molar-refractivity contribution >= 4 is 0 Å². The van der Waals surface area contributed by atoms with Crippen molar-refractivity contribution in [2.24, 2.45) is 0 Å². The van der Waals surface area contributed by atoms with Crippen LogP contribution >= 0.6 is 0 Å². The van der Waals surface area contributed by atoms with E-state index in [2.05, 4.69) is 9.97 Å². The highest BCUT2D eigenvalue weighted by Crippen LogP contribution is 2.37. The summed E-state index contributed by atoms with van der Waals surface area (Å²) in [6.07, 6.45) is 1.34. The fourth-order valence-electron chi connectivity index (χ4n) is 3.01. The second kappa shape index (κ2) is 7.03. The average Bonchev–Trinajstić information content (AvgIpc) is 2.67. The first-order valence-electron chi connectivity index (χ1n) is 8.24. The van der Waals surface area contributed by atoms with E-state index in [4.69, 9.17) is 0 Å². The summed E-state index contributed by atoms with van der Waals surface area (Å²) in [5.41, 5.74) is 2.95. The Hall–Kier alpha value is -3.47. The van der Waals surface area contributed by atoms with Gasteiger partial charge in [0.25, 0.3) is 0 Å². The van der Waals surface area contributed by atoms with Crippen molar-refractivity contribution in [3.63, 3.8) is 0 Å². The van der Waals surface area contributed by atoms with Crippen LogP contribution in [0.5, 0.6) is 0 Å². The zero-order chi connectivity index (χ0) is 18.8. The summed E-state index contributed by atoms with van der Waals surface area (Å²) in [6.45, 7) is 0. The van der Waals surface area contributed by atoms with E-state index in [0.29, 0.717) is 33.6 Å². The molecule has 4 aromatic rings. The van der Waals surface area contributed by atoms with Gasteiger partial charge in [-0.15, -0.1) is 0 Å². The standard InChI is InChI=1S/C22H13F3N2/c23-17-7-1-4-14(10-17)20-21(15-5-2-8-18(24)11-15)26-13-27-22(20)16-6-3-9-19(25)12-16/h1-13H. The van der Waals surface area contributed by atoms with E-state index in [9.17, 15) is 13.2 Å². The molecule has 0 fully saturated rings. The van der Waals surface area contributed by atoms with Gasteiger partial charge in [-0.3, -0.25) is 0 Å². The van der Waals surface area contributed by atoms with Gasteiger partial charge in [-0.2, -0.15) is 0 Å². The number of hydrogen-bond acceptors (Lipinski definition) is 2. The lowest BCUT2D eigenvalue weighted by Crippen LogP contribution is -1.97. The van der Waals surface area contributed by atoms with Gasteiger partial charge in [0.2, 0.25) is 0 Å². The van der Waals surface area contributed by atoms with E-state index >= 15 is 0 Å². The Morgan fingerprint density at radius 2 is 0.926 bits per heavy atom. The number of benzene rings is 3. The Bertz CT molecular complexity index is 1060. The van der Waals surface area contributed by atoms with E-state index in [1.807, 2.05) is 0 Å². The Morgan fingerprint density at radius 1 is 0.519 bits per heavy atom. The van der Waals surface area contributed by atoms with Crippen molar-refractivity contribution in [1.82, 2.24) is 9.97 Å². The molecule has 3 aromatic carbocycles. The van der Waals surface area contributed by atoms with Crippen molar-refractivity contribution in [2.75, 3.05) is 0 Å². The third-order valence-corrected chi connectivity index (χ3v) is 4.16. The summed E-state index contributed by atoms with van der Waals surface area (Å²) < 4.78 is 41.4. The number of aromatic nitrogens is 2. The fraction of sp³-hybridized carbons (Fsp3) is 0. The van der Waals surface area contributed by atoms with Crippen molar-refractivity contribution in [2.45, 2.75) is 0 Å². The third kappa shape index (κ3) is 3.44. The molecule has 0 aliphatic rings. The first kappa shape index (κ1) is 17.0. The van der Waals surface area contributed by atoms with E-state index in [1.165, 1.54) is 42.7 Å². The number of nitrogens with zero attached hydrogens (tertiary/aromatic N) is 2. The minimum Gasteiger partial charge on any atom is -0.236 e. The van der Waals surface area contributed by atoms with Crippen LogP contribution in [-0.4, -0.2) is 9.97 Å². The Kier molecular flexibility index (Phi) is 4.42. The molecule has 0 radical (unpaired) electrons. The first-order valence-corrected chi connectivity index (χ1v) is 8.24. The molecule has 132 valence electrons. The predicted molar refractivity (Wildman–Crippen MR) is 98.2 cm³/mol. The van der Waals surface area contributed by atoms with Crippen molar-refractivity contribution in [1.29, 1.82) is 0 Å². The molecule has 27 heavy (non-hydrogen) atoms. The summed E-state index contributed by atoms with van der Waals surface area (Å²) >= 11 is 0. The van der Waals surface area contributed by atoms with Crippen LogP contribution in [0.4, 0.5) is 13.2 Å². The SMILES string of the molecule is Fc1cccc(-c2ncnc(-c3cccc(F)c3)c2-c2cccc(F)c2)c1. The molecule has 1 aromatic heterocycles. The minimum atomic E-state index is -0.424. The van der Waals surface area contributed by atoms with Crippen LogP contribution in [0, 0.1) is 17.5 Å². The van der Waals surface area contributed by atoms with E-state index in [1.54, 1.807) is 36.4 Å². The number of halogens is 3. The van der Waals surface area contributed by atoms with Gasteiger partial charge in [0.1, 0.15) is 23.8 Å². The molecule has 0 unspecified atom stereocenters. The molecular formula is C22H13F3N2. The molecule has 0 spiro atoms. The molecule has 0 aliphatic heterocycles. The molecule has 1 heterocycles. The fourth-order valence-corrected chi connectivity index (χ4v) is 3.01. The average molecular weight is 362 g/mol. The highest BCUT2D eigenvalue weighted by Gasteiger charge is 2.18. The molecule has 2 nitrogen and oxygen atoms in total. The molecule has 0 atom stereocenters. The summed E-state index contributed by atoms with van der Waals surface area (Å²) in [5.74, 6) is -1.25. The Balaban J connectivity index is 2.04. The lowest BCUT2D eigenvalue weighted by Gasteiger charge is -2.14. The highest BCUT2D eigenvalue weighted by atomic mass is 19.1. The molecule has 5 heteroatoms. The minimum absolute atomic E-state index is 0.413. The molecule has 0 aliphatic carbocycles. The lowest BCUT2D eigenvalue weighted by atomic mass is 9.94. The zero-order valence-electron chi connectivity index (χ0n) is 14.0. The normalized spacial score (nSPS) is 10.8. The van der Waals surface area contributed by atoms with E-state index in [0.717, 1.165) is 0 Å². The number of hydrogen-bond donors (Lipinski definition) is 0. The lowest BCUT2D eigenvalue weighted by molar-refractivity contribution is 0.627. The monoisotopic (exact) mass is 362 g/mol. The van der Waals surface area contributed by atoms with Gasteiger partial charge >= 0.3 is 0 Å². The van der Waals surface area contributed by atoms with Gasteiger partial charge in [0.15, 0.2) is 0 Å². The first-order chi connectivity index (χ1) is 13.1. The topological polar surface area (TPSA) is 25.8 Å². The van der Waals surface area contributed by atoms with Crippen LogP contribution in [0.1, 0.15) is 0 Å². The third-order valence-electron chi connectivity index (χ3n) is 4.16. The second-order valence-electron chi connectivity index (χ2n) is 5.98. The second-order valence-corrected chi connectivity index (χ2v) is 5.98. The smallest absolute Gasteiger partial charge is 0.123 e. The largest absolute Gasteiger partial charge is 0.236 e. The van der Waals surface area contributed by atoms with Crippen molar-refractivity contribution < 1.29 is 13.2 Å². The highest BCUT2D eigenvalue weighted by molar-refractivity contribution is 5.90. The molecule has 0 saturated carbocycles. The molecule has 4 rings (SSSR count). The predicted octanol–water partition coefficient (Wildman–Crippen LogP) is 5.89. The molecule has 0 N–H and O–H groups in total. The maximum Gasteiger partial charge on any atom is 0.123 e. The van der Waals surface area contributed by atoms with Gasteiger partial charge in [0, 0.05) is 16.7 Å². The van der Waals surface area contributed by atoms with Crippen molar-refractivity contribution in [3.05, 3.63) is 96.6 Å². The zero-order valence-corrected chi connectivity index (χ0v) is 14.0. The summed E-state index contributed by atoms with van der Waals surface area (Å²) in [4.78, 5) is 8.62. The summed E-state index contributed by atoms with van der Waals surface area (Å²) in [6, 6.07) is 17.9. The van der Waals surface area contributed by atoms with E-state index in [-0.39, 0.29) is 0 Å².